The maximum atomic E-state index is 9.18. The molecule has 3 nitrogen and oxygen atoms in total. The number of pyridine rings is 1. The first-order chi connectivity index (χ1) is 8.91. The van der Waals surface area contributed by atoms with E-state index in [9.17, 15) is 5.11 Å². The van der Waals surface area contributed by atoms with Crippen molar-refractivity contribution in [3.63, 3.8) is 0 Å². The average molecular weight is 260 g/mol. The largest absolute Gasteiger partial charge is 0.392 e. The monoisotopic (exact) mass is 260 g/mol. The van der Waals surface area contributed by atoms with Gasteiger partial charge in [-0.1, -0.05) is 38.5 Å². The van der Waals surface area contributed by atoms with Crippen LogP contribution in [0.15, 0.2) is 23.8 Å². The first-order valence-corrected chi connectivity index (χ1v) is 6.93. The molecular weight excluding hydrogens is 236 g/mol. The molecule has 1 aromatic heterocycles. The lowest BCUT2D eigenvalue weighted by molar-refractivity contribution is 0.280. The Morgan fingerprint density at radius 2 is 2.05 bits per heavy atom. The Hall–Kier alpha value is -1.35. The molecule has 0 saturated heterocycles. The van der Waals surface area contributed by atoms with Crippen LogP contribution in [0.4, 0.5) is 5.82 Å². The summed E-state index contributed by atoms with van der Waals surface area (Å²) < 4.78 is 0. The van der Waals surface area contributed by atoms with Crippen molar-refractivity contribution in [2.45, 2.75) is 40.7 Å². The second-order valence-corrected chi connectivity index (χ2v) is 6.25. The van der Waals surface area contributed by atoms with Gasteiger partial charge in [-0.05, 0) is 30.4 Å². The third-order valence-electron chi connectivity index (χ3n) is 3.85. The highest BCUT2D eigenvalue weighted by molar-refractivity contribution is 5.44. The van der Waals surface area contributed by atoms with E-state index in [4.69, 9.17) is 0 Å². The van der Waals surface area contributed by atoms with Crippen molar-refractivity contribution in [3.8, 4) is 0 Å². The molecule has 0 saturated carbocycles. The number of hydrogen-bond donors (Lipinski definition) is 1. The molecule has 0 spiro atoms. The van der Waals surface area contributed by atoms with Gasteiger partial charge in [0.1, 0.15) is 5.82 Å². The zero-order chi connectivity index (χ0) is 14.0. The van der Waals surface area contributed by atoms with Crippen molar-refractivity contribution in [2.75, 3.05) is 18.0 Å². The molecule has 0 bridgehead atoms. The molecule has 1 N–H and O–H groups in total. The number of aryl methyl sites for hydroxylation is 1. The van der Waals surface area contributed by atoms with Crippen molar-refractivity contribution in [2.24, 2.45) is 5.41 Å². The highest BCUT2D eigenvalue weighted by atomic mass is 16.3. The number of aliphatic hydroxyl groups excluding tert-OH is 1. The summed E-state index contributed by atoms with van der Waals surface area (Å²) in [5.41, 5.74) is 3.64. The van der Waals surface area contributed by atoms with E-state index in [1.54, 1.807) is 0 Å². The van der Waals surface area contributed by atoms with Crippen LogP contribution in [0, 0.1) is 12.3 Å². The van der Waals surface area contributed by atoms with E-state index in [0.29, 0.717) is 0 Å². The van der Waals surface area contributed by atoms with E-state index >= 15 is 0 Å². The molecule has 0 aliphatic carbocycles. The number of aliphatic hydroxyl groups is 1. The number of anilines is 1. The van der Waals surface area contributed by atoms with Gasteiger partial charge >= 0.3 is 0 Å². The molecule has 0 aromatic carbocycles. The second kappa shape index (κ2) is 5.33. The normalized spacial score (nSPS) is 16.5. The summed E-state index contributed by atoms with van der Waals surface area (Å²) in [6.07, 6.45) is 3.44. The zero-order valence-corrected chi connectivity index (χ0v) is 12.4. The molecule has 2 rings (SSSR count). The van der Waals surface area contributed by atoms with Crippen LogP contribution in [-0.2, 0) is 6.61 Å². The van der Waals surface area contributed by atoms with Gasteiger partial charge in [0.15, 0.2) is 0 Å². The van der Waals surface area contributed by atoms with Gasteiger partial charge in [0, 0.05) is 18.8 Å². The van der Waals surface area contributed by atoms with Gasteiger partial charge in [0.25, 0.3) is 0 Å². The summed E-state index contributed by atoms with van der Waals surface area (Å²) in [7, 11) is 0. The highest BCUT2D eigenvalue weighted by Gasteiger charge is 2.21. The summed E-state index contributed by atoms with van der Waals surface area (Å²) in [5.74, 6) is 1.01. The first kappa shape index (κ1) is 14.1. The number of rotatable bonds is 2. The minimum absolute atomic E-state index is 0.0627. The first-order valence-electron chi connectivity index (χ1n) is 6.93. The maximum Gasteiger partial charge on any atom is 0.129 e. The lowest BCUT2D eigenvalue weighted by Gasteiger charge is -2.33. The van der Waals surface area contributed by atoms with Gasteiger partial charge in [0.05, 0.1) is 6.61 Å². The van der Waals surface area contributed by atoms with Gasteiger partial charge in [-0.25, -0.2) is 4.98 Å². The van der Waals surface area contributed by atoms with E-state index in [1.807, 2.05) is 19.1 Å². The maximum absolute atomic E-state index is 9.18. The molecule has 1 aliphatic rings. The number of hydrogen-bond acceptors (Lipinski definition) is 3. The van der Waals surface area contributed by atoms with E-state index in [0.717, 1.165) is 36.6 Å². The Kier molecular flexibility index (Phi) is 3.95. The molecule has 3 heteroatoms. The predicted octanol–water partition coefficient (Wildman–Crippen LogP) is 3.06. The Morgan fingerprint density at radius 1 is 1.32 bits per heavy atom. The smallest absolute Gasteiger partial charge is 0.129 e. The molecule has 0 radical (unpaired) electrons. The minimum Gasteiger partial charge on any atom is -0.392 e. The molecule has 2 heterocycles. The fourth-order valence-electron chi connectivity index (χ4n) is 2.48. The quantitative estimate of drug-likeness (QED) is 0.830. The van der Waals surface area contributed by atoms with Crippen molar-refractivity contribution < 1.29 is 5.11 Å². The fraction of sp³-hybridized carbons (Fsp3) is 0.562. The minimum atomic E-state index is 0.0627. The predicted molar refractivity (Wildman–Crippen MR) is 79.3 cm³/mol. The van der Waals surface area contributed by atoms with Gasteiger partial charge in [0.2, 0.25) is 0 Å². The van der Waals surface area contributed by atoms with Crippen molar-refractivity contribution in [1.82, 2.24) is 4.98 Å². The summed E-state index contributed by atoms with van der Waals surface area (Å²) in [6.45, 7) is 10.8. The Bertz CT molecular complexity index is 486. The van der Waals surface area contributed by atoms with Crippen LogP contribution in [0.2, 0.25) is 0 Å². The molecule has 104 valence electrons. The van der Waals surface area contributed by atoms with Crippen molar-refractivity contribution in [1.29, 1.82) is 0 Å². The summed E-state index contributed by atoms with van der Waals surface area (Å²) in [5, 5.41) is 9.18. The van der Waals surface area contributed by atoms with E-state index < -0.39 is 0 Å². The SMILES string of the molecule is Cc1nc(N2CC=C(C(C)(C)C)CC2)ccc1CO. The van der Waals surface area contributed by atoms with Crippen molar-refractivity contribution >= 4 is 5.82 Å². The highest BCUT2D eigenvalue weighted by Crippen LogP contribution is 2.31. The summed E-state index contributed by atoms with van der Waals surface area (Å²) in [6, 6.07) is 3.98. The molecular formula is C16H24N2O. The van der Waals surface area contributed by atoms with Gasteiger partial charge < -0.3 is 10.0 Å². The average Bonchev–Trinajstić information content (AvgIpc) is 2.38. The van der Waals surface area contributed by atoms with Gasteiger partial charge in [-0.3, -0.25) is 0 Å². The van der Waals surface area contributed by atoms with Crippen LogP contribution >= 0.6 is 0 Å². The van der Waals surface area contributed by atoms with Crippen molar-refractivity contribution in [3.05, 3.63) is 35.0 Å². The van der Waals surface area contributed by atoms with Crippen LogP contribution < -0.4 is 4.90 Å². The van der Waals surface area contributed by atoms with E-state index in [-0.39, 0.29) is 12.0 Å². The second-order valence-electron chi connectivity index (χ2n) is 6.25. The number of nitrogens with zero attached hydrogens (tertiary/aromatic N) is 2. The lowest BCUT2D eigenvalue weighted by Crippen LogP contribution is -2.32. The topological polar surface area (TPSA) is 36.4 Å². The third kappa shape index (κ3) is 3.16. The Morgan fingerprint density at radius 3 is 2.53 bits per heavy atom. The van der Waals surface area contributed by atoms with E-state index in [1.165, 1.54) is 5.57 Å². The molecule has 0 fully saturated rings. The van der Waals surface area contributed by atoms with Crippen LogP contribution in [0.3, 0.4) is 0 Å². The Balaban J connectivity index is 2.14. The molecule has 1 aliphatic heterocycles. The summed E-state index contributed by atoms with van der Waals surface area (Å²) in [4.78, 5) is 6.89. The van der Waals surface area contributed by atoms with Crippen LogP contribution in [0.1, 0.15) is 38.4 Å². The van der Waals surface area contributed by atoms with Crippen LogP contribution in [0.25, 0.3) is 0 Å². The summed E-state index contributed by atoms with van der Waals surface area (Å²) >= 11 is 0. The standard InChI is InChI=1S/C16H24N2O/c1-12-13(11-19)5-6-15(17-12)18-9-7-14(8-10-18)16(2,3)4/h5-7,19H,8-11H2,1-4H3. The zero-order valence-electron chi connectivity index (χ0n) is 12.4. The van der Waals surface area contributed by atoms with E-state index in [2.05, 4.69) is 36.7 Å². The van der Waals surface area contributed by atoms with Crippen LogP contribution in [0.5, 0.6) is 0 Å². The third-order valence-corrected chi connectivity index (χ3v) is 3.85. The van der Waals surface area contributed by atoms with Crippen LogP contribution in [-0.4, -0.2) is 23.2 Å². The Labute approximate surface area is 116 Å². The molecule has 0 unspecified atom stereocenters. The molecule has 0 atom stereocenters. The molecule has 0 amide bonds. The fourth-order valence-corrected chi connectivity index (χ4v) is 2.48. The van der Waals surface area contributed by atoms with Gasteiger partial charge in [-0.2, -0.15) is 0 Å². The molecule has 19 heavy (non-hydrogen) atoms. The lowest BCUT2D eigenvalue weighted by atomic mass is 9.83. The molecule has 1 aromatic rings. The van der Waals surface area contributed by atoms with Gasteiger partial charge in [-0.15, -0.1) is 0 Å². The number of aromatic nitrogens is 1.